The number of rotatable bonds is 5. The second kappa shape index (κ2) is 7.77. The minimum Gasteiger partial charge on any atom is -0.376 e. The van der Waals surface area contributed by atoms with Crippen LogP contribution in [0.15, 0.2) is 6.20 Å². The van der Waals surface area contributed by atoms with Gasteiger partial charge in [-0.2, -0.15) is 5.10 Å². The highest BCUT2D eigenvalue weighted by Crippen LogP contribution is 2.21. The van der Waals surface area contributed by atoms with Gasteiger partial charge in [-0.3, -0.25) is 9.58 Å². The van der Waals surface area contributed by atoms with Crippen molar-refractivity contribution in [3.8, 4) is 0 Å². The van der Waals surface area contributed by atoms with E-state index in [0.717, 1.165) is 62.8 Å². The van der Waals surface area contributed by atoms with Gasteiger partial charge < -0.3 is 9.47 Å². The molecule has 0 saturated carbocycles. The highest BCUT2D eigenvalue weighted by molar-refractivity contribution is 6.31. The Kier molecular flexibility index (Phi) is 5.74. The molecule has 2 aliphatic heterocycles. The lowest BCUT2D eigenvalue weighted by Gasteiger charge is -2.33. The molecule has 0 aromatic carbocycles. The predicted octanol–water partition coefficient (Wildman–Crippen LogP) is 2.62. The maximum atomic E-state index is 6.18. The minimum atomic E-state index is 0.319. The van der Waals surface area contributed by atoms with Gasteiger partial charge in [0.2, 0.25) is 0 Å². The van der Waals surface area contributed by atoms with E-state index in [1.54, 1.807) is 6.20 Å². The zero-order chi connectivity index (χ0) is 15.4. The Balaban J connectivity index is 1.39. The lowest BCUT2D eigenvalue weighted by atomic mass is 10.1. The van der Waals surface area contributed by atoms with Gasteiger partial charge >= 0.3 is 0 Å². The van der Waals surface area contributed by atoms with E-state index in [1.165, 1.54) is 12.8 Å². The van der Waals surface area contributed by atoms with Crippen LogP contribution in [0.1, 0.15) is 37.8 Å². The maximum Gasteiger partial charge on any atom is 0.0831 e. The molecule has 1 aromatic heterocycles. The van der Waals surface area contributed by atoms with Crippen LogP contribution in [0.5, 0.6) is 0 Å². The summed E-state index contributed by atoms with van der Waals surface area (Å²) in [5, 5.41) is 4.96. The molecule has 0 bridgehead atoms. The zero-order valence-electron chi connectivity index (χ0n) is 13.3. The molecule has 2 fully saturated rings. The van der Waals surface area contributed by atoms with E-state index >= 15 is 0 Å². The number of hydrogen-bond acceptors (Lipinski definition) is 4. The summed E-state index contributed by atoms with van der Waals surface area (Å²) in [4.78, 5) is 2.43. The van der Waals surface area contributed by atoms with Crippen LogP contribution in [-0.2, 0) is 23.1 Å². The second-order valence-electron chi connectivity index (χ2n) is 6.36. The van der Waals surface area contributed by atoms with E-state index in [9.17, 15) is 0 Å². The number of ether oxygens (including phenoxy) is 2. The molecule has 3 rings (SSSR count). The molecular formula is C16H26ClN3O2. The Labute approximate surface area is 137 Å². The average Bonchev–Trinajstić information content (AvgIpc) is 2.87. The maximum absolute atomic E-state index is 6.18. The van der Waals surface area contributed by atoms with E-state index < -0.39 is 0 Å². The summed E-state index contributed by atoms with van der Waals surface area (Å²) in [5.41, 5.74) is 1.09. The van der Waals surface area contributed by atoms with Crippen molar-refractivity contribution in [3.63, 3.8) is 0 Å². The summed E-state index contributed by atoms with van der Waals surface area (Å²) >= 11 is 6.18. The first-order chi connectivity index (χ1) is 10.7. The van der Waals surface area contributed by atoms with Gasteiger partial charge in [-0.1, -0.05) is 11.6 Å². The van der Waals surface area contributed by atoms with Crippen molar-refractivity contribution < 1.29 is 9.47 Å². The summed E-state index contributed by atoms with van der Waals surface area (Å²) < 4.78 is 13.7. The number of piperidine rings is 1. The average molecular weight is 328 g/mol. The number of hydrogen-bond donors (Lipinski definition) is 0. The van der Waals surface area contributed by atoms with Crippen molar-refractivity contribution in [2.75, 3.05) is 26.3 Å². The quantitative estimate of drug-likeness (QED) is 0.833. The molecular weight excluding hydrogens is 302 g/mol. The molecule has 22 heavy (non-hydrogen) atoms. The highest BCUT2D eigenvalue weighted by Gasteiger charge is 2.23. The molecule has 1 aromatic rings. The van der Waals surface area contributed by atoms with Crippen LogP contribution < -0.4 is 0 Å². The lowest BCUT2D eigenvalue weighted by molar-refractivity contribution is -0.0754. The topological polar surface area (TPSA) is 39.5 Å². The SMILES string of the molecule is Cn1ncc(Cl)c1CN1CCC(OC[C@H]2CCCCO2)CC1. The summed E-state index contributed by atoms with van der Waals surface area (Å²) in [5.74, 6) is 0. The number of aryl methyl sites for hydroxylation is 1. The molecule has 6 heteroatoms. The van der Waals surface area contributed by atoms with Crippen LogP contribution in [0, 0.1) is 0 Å². The fourth-order valence-electron chi connectivity index (χ4n) is 3.24. The summed E-state index contributed by atoms with van der Waals surface area (Å²) in [6.07, 6.45) is 8.21. The van der Waals surface area contributed by atoms with Gasteiger partial charge in [-0.05, 0) is 32.1 Å². The van der Waals surface area contributed by atoms with E-state index in [0.29, 0.717) is 12.2 Å². The van der Waals surface area contributed by atoms with Crippen molar-refractivity contribution in [2.24, 2.45) is 7.05 Å². The van der Waals surface area contributed by atoms with Gasteiger partial charge in [0.1, 0.15) is 0 Å². The van der Waals surface area contributed by atoms with Gasteiger partial charge in [-0.15, -0.1) is 0 Å². The third kappa shape index (κ3) is 4.22. The number of halogens is 1. The number of aromatic nitrogens is 2. The molecule has 1 atom stereocenters. The first-order valence-corrected chi connectivity index (χ1v) is 8.72. The Morgan fingerprint density at radius 1 is 1.32 bits per heavy atom. The third-order valence-electron chi connectivity index (χ3n) is 4.71. The van der Waals surface area contributed by atoms with Crippen LogP contribution >= 0.6 is 11.6 Å². The van der Waals surface area contributed by atoms with Crippen LogP contribution in [-0.4, -0.2) is 53.2 Å². The van der Waals surface area contributed by atoms with Crippen LogP contribution in [0.2, 0.25) is 5.02 Å². The monoisotopic (exact) mass is 327 g/mol. The molecule has 3 heterocycles. The van der Waals surface area contributed by atoms with Crippen molar-refractivity contribution >= 4 is 11.6 Å². The normalized spacial score (nSPS) is 24.7. The molecule has 0 N–H and O–H groups in total. The van der Waals surface area contributed by atoms with Gasteiger partial charge in [0.15, 0.2) is 0 Å². The number of nitrogens with zero attached hydrogens (tertiary/aromatic N) is 3. The number of likely N-dealkylation sites (tertiary alicyclic amines) is 1. The molecule has 2 aliphatic rings. The standard InChI is InChI=1S/C16H26ClN3O2/c1-19-16(15(17)10-18-19)11-20-7-5-13(6-8-20)22-12-14-4-2-3-9-21-14/h10,13-14H,2-9,11-12H2,1H3/t14-/m1/s1. The molecule has 0 spiro atoms. The molecule has 0 radical (unpaired) electrons. The molecule has 0 aliphatic carbocycles. The summed E-state index contributed by atoms with van der Waals surface area (Å²) in [7, 11) is 1.95. The first kappa shape index (κ1) is 16.2. The second-order valence-corrected chi connectivity index (χ2v) is 6.77. The molecule has 2 saturated heterocycles. The first-order valence-electron chi connectivity index (χ1n) is 8.34. The Morgan fingerprint density at radius 3 is 2.77 bits per heavy atom. The largest absolute Gasteiger partial charge is 0.376 e. The van der Waals surface area contributed by atoms with Crippen LogP contribution in [0.4, 0.5) is 0 Å². The lowest BCUT2D eigenvalue weighted by Crippen LogP contribution is -2.38. The van der Waals surface area contributed by atoms with E-state index in [-0.39, 0.29) is 0 Å². The fraction of sp³-hybridized carbons (Fsp3) is 0.812. The van der Waals surface area contributed by atoms with Crippen molar-refractivity contribution in [1.29, 1.82) is 0 Å². The summed E-state index contributed by atoms with van der Waals surface area (Å²) in [6.45, 7) is 4.64. The molecule has 5 nitrogen and oxygen atoms in total. The predicted molar refractivity (Wildman–Crippen MR) is 86.1 cm³/mol. The Hall–Kier alpha value is -0.620. The third-order valence-corrected chi connectivity index (χ3v) is 5.03. The van der Waals surface area contributed by atoms with Crippen molar-refractivity contribution in [2.45, 2.75) is 50.9 Å². The van der Waals surface area contributed by atoms with Gasteiger partial charge in [0.05, 0.1) is 35.7 Å². The summed E-state index contributed by atoms with van der Waals surface area (Å²) in [6, 6.07) is 0. The minimum absolute atomic E-state index is 0.319. The van der Waals surface area contributed by atoms with Crippen molar-refractivity contribution in [3.05, 3.63) is 16.9 Å². The van der Waals surface area contributed by atoms with E-state index in [1.807, 2.05) is 11.7 Å². The highest BCUT2D eigenvalue weighted by atomic mass is 35.5. The molecule has 124 valence electrons. The van der Waals surface area contributed by atoms with Gasteiger partial charge in [0, 0.05) is 33.3 Å². The molecule has 0 unspecified atom stereocenters. The van der Waals surface area contributed by atoms with Gasteiger partial charge in [0.25, 0.3) is 0 Å². The zero-order valence-corrected chi connectivity index (χ0v) is 14.1. The van der Waals surface area contributed by atoms with Gasteiger partial charge in [-0.25, -0.2) is 0 Å². The van der Waals surface area contributed by atoms with E-state index in [2.05, 4.69) is 10.00 Å². The Morgan fingerprint density at radius 2 is 2.14 bits per heavy atom. The smallest absolute Gasteiger partial charge is 0.0831 e. The van der Waals surface area contributed by atoms with Crippen LogP contribution in [0.25, 0.3) is 0 Å². The fourth-order valence-corrected chi connectivity index (χ4v) is 3.47. The van der Waals surface area contributed by atoms with E-state index in [4.69, 9.17) is 21.1 Å². The Bertz CT molecular complexity index is 446. The molecule has 0 amide bonds. The van der Waals surface area contributed by atoms with Crippen LogP contribution in [0.3, 0.4) is 0 Å². The van der Waals surface area contributed by atoms with Crippen molar-refractivity contribution in [1.82, 2.24) is 14.7 Å².